The summed E-state index contributed by atoms with van der Waals surface area (Å²) in [4.78, 5) is 2.95. The van der Waals surface area contributed by atoms with Crippen molar-refractivity contribution >= 4 is 0 Å². The largest absolute Gasteiger partial charge is 0.183 e. The van der Waals surface area contributed by atoms with E-state index in [9.17, 15) is 4.53 Å². The van der Waals surface area contributed by atoms with Crippen molar-refractivity contribution in [1.82, 2.24) is 0 Å². The van der Waals surface area contributed by atoms with Crippen LogP contribution in [-0.4, -0.2) is 0 Å². The molecule has 0 rings (SSSR count). The van der Waals surface area contributed by atoms with Crippen LogP contribution < -0.4 is 0 Å². The topological polar surface area (TPSA) is 9.23 Å². The lowest BCUT2D eigenvalue weighted by atomic mass is 10.7. The molecule has 0 aromatic heterocycles. The first kappa shape index (κ1) is 4.63. The van der Waals surface area contributed by atoms with E-state index in [1.807, 2.05) is 0 Å². The number of hydrogen-bond donors (Lipinski definition) is 0. The van der Waals surface area contributed by atoms with Crippen molar-refractivity contribution in [1.29, 1.82) is 0 Å². The van der Waals surface area contributed by atoms with Crippen molar-refractivity contribution in [3.8, 4) is 0 Å². The highest BCUT2D eigenvalue weighted by molar-refractivity contribution is 4.75. The van der Waals surface area contributed by atoms with Gasteiger partial charge in [-0.05, 0) is 4.53 Å². The van der Waals surface area contributed by atoms with Crippen molar-refractivity contribution in [2.75, 3.05) is 0 Å². The Morgan fingerprint density at radius 3 is 2.40 bits per heavy atom. The molecule has 0 spiro atoms. The smallest absolute Gasteiger partial charge is 0.149 e. The van der Waals surface area contributed by atoms with E-state index in [1.165, 1.54) is 6.08 Å². The molecule has 0 bridgehead atoms. The average molecular weight is 75.1 g/mol. The third kappa shape index (κ3) is 3.63. The van der Waals surface area contributed by atoms with Gasteiger partial charge in [-0.1, -0.05) is 6.08 Å². The molecular weight excluding hydrogens is 71.0 g/mol. The van der Waals surface area contributed by atoms with Gasteiger partial charge < -0.3 is 0 Å². The second-order valence-electron chi connectivity index (χ2n) is 0.461. The molecule has 0 saturated heterocycles. The van der Waals surface area contributed by atoms with E-state index in [1.54, 1.807) is 0 Å². The Kier molecular flexibility index (Phi) is 3.36. The van der Waals surface area contributed by atoms with E-state index >= 15 is 0 Å². The summed E-state index contributed by atoms with van der Waals surface area (Å²) in [6.07, 6.45) is 1.21. The summed E-state index contributed by atoms with van der Waals surface area (Å²) in [6.45, 7) is 3.98. The van der Waals surface area contributed by atoms with Gasteiger partial charge in [0.05, 0.1) is 0 Å². The zero-order valence-corrected chi connectivity index (χ0v) is 2.65. The quantitative estimate of drug-likeness (QED) is 0.479. The SMILES string of the molecule is C=C[CH]OF. The van der Waals surface area contributed by atoms with Crippen molar-refractivity contribution in [3.63, 3.8) is 0 Å². The molecule has 0 aromatic rings. The normalized spacial score (nSPS) is 7.40. The van der Waals surface area contributed by atoms with Crippen molar-refractivity contribution in [2.24, 2.45) is 0 Å². The minimum absolute atomic E-state index is 0.847. The van der Waals surface area contributed by atoms with Crippen LogP contribution in [0.4, 0.5) is 4.53 Å². The van der Waals surface area contributed by atoms with Gasteiger partial charge in [0, 0.05) is 0 Å². The van der Waals surface area contributed by atoms with Crippen LogP contribution in [0.2, 0.25) is 0 Å². The van der Waals surface area contributed by atoms with Crippen LogP contribution in [0.15, 0.2) is 12.7 Å². The summed E-state index contributed by atoms with van der Waals surface area (Å²) < 4.78 is 10.4. The molecule has 0 unspecified atom stereocenters. The van der Waals surface area contributed by atoms with Gasteiger partial charge in [0.2, 0.25) is 0 Å². The molecule has 2 heteroatoms. The first-order valence-electron chi connectivity index (χ1n) is 1.13. The Labute approximate surface area is 30.0 Å². The molecule has 0 fully saturated rings. The second-order valence-corrected chi connectivity index (χ2v) is 0.461. The Morgan fingerprint density at radius 1 is 1.80 bits per heavy atom. The molecule has 0 saturated carbocycles. The second kappa shape index (κ2) is 3.63. The van der Waals surface area contributed by atoms with Gasteiger partial charge in [0.25, 0.3) is 0 Å². The minimum Gasteiger partial charge on any atom is -0.183 e. The van der Waals surface area contributed by atoms with E-state index in [-0.39, 0.29) is 0 Å². The maximum Gasteiger partial charge on any atom is 0.149 e. The van der Waals surface area contributed by atoms with E-state index in [0.717, 1.165) is 6.61 Å². The summed E-state index contributed by atoms with van der Waals surface area (Å²) in [6, 6.07) is 0. The van der Waals surface area contributed by atoms with Crippen molar-refractivity contribution in [3.05, 3.63) is 19.3 Å². The zero-order chi connectivity index (χ0) is 4.12. The predicted molar refractivity (Wildman–Crippen MR) is 16.7 cm³/mol. The molecule has 0 N–H and O–H groups in total. The fourth-order valence-corrected chi connectivity index (χ4v) is 0.0364. The van der Waals surface area contributed by atoms with Crippen molar-refractivity contribution < 1.29 is 9.47 Å². The fraction of sp³-hybridized carbons (Fsp3) is 0. The minimum atomic E-state index is 0.847. The summed E-state index contributed by atoms with van der Waals surface area (Å²) >= 11 is 0. The summed E-state index contributed by atoms with van der Waals surface area (Å²) in [7, 11) is 0. The molecule has 0 heterocycles. The van der Waals surface area contributed by atoms with Crippen LogP contribution in [0.3, 0.4) is 0 Å². The number of hydrogen-bond acceptors (Lipinski definition) is 1. The highest BCUT2D eigenvalue weighted by Gasteiger charge is 1.65. The maximum atomic E-state index is 10.4. The molecule has 0 aliphatic carbocycles. The van der Waals surface area contributed by atoms with Crippen molar-refractivity contribution in [2.45, 2.75) is 0 Å². The monoisotopic (exact) mass is 75.0 g/mol. The number of halogens is 1. The Hall–Kier alpha value is -0.370. The van der Waals surface area contributed by atoms with Gasteiger partial charge in [0.15, 0.2) is 0 Å². The van der Waals surface area contributed by atoms with Gasteiger partial charge in [-0.15, -0.1) is 6.58 Å². The molecule has 0 atom stereocenters. The van der Waals surface area contributed by atoms with Crippen LogP contribution in [0.1, 0.15) is 0 Å². The van der Waals surface area contributed by atoms with Gasteiger partial charge in [0.1, 0.15) is 6.61 Å². The molecule has 0 aliphatic rings. The maximum absolute atomic E-state index is 10.4. The van der Waals surface area contributed by atoms with E-state index in [0.29, 0.717) is 0 Å². The molecule has 1 radical (unpaired) electrons. The Balaban J connectivity index is 2.40. The molecule has 0 aromatic carbocycles. The van der Waals surface area contributed by atoms with Gasteiger partial charge >= 0.3 is 0 Å². The predicted octanol–water partition coefficient (Wildman–Crippen LogP) is 1.24. The molecule has 1 nitrogen and oxygen atoms in total. The summed E-state index contributed by atoms with van der Waals surface area (Å²) in [5.41, 5.74) is 0. The molecule has 0 amide bonds. The Bertz CT molecular complexity index is 28.1. The van der Waals surface area contributed by atoms with E-state index in [2.05, 4.69) is 11.5 Å². The van der Waals surface area contributed by atoms with Gasteiger partial charge in [-0.25, -0.2) is 0 Å². The van der Waals surface area contributed by atoms with Crippen LogP contribution in [0.5, 0.6) is 0 Å². The van der Waals surface area contributed by atoms with Crippen LogP contribution in [-0.2, 0) is 4.94 Å². The zero-order valence-electron chi connectivity index (χ0n) is 2.65. The lowest BCUT2D eigenvalue weighted by molar-refractivity contribution is -0.0832. The van der Waals surface area contributed by atoms with Gasteiger partial charge in [-0.3, -0.25) is 0 Å². The van der Waals surface area contributed by atoms with Crippen LogP contribution in [0, 0.1) is 6.61 Å². The fourth-order valence-electron chi connectivity index (χ4n) is 0.0364. The molecule has 0 aliphatic heterocycles. The molecule has 5 heavy (non-hydrogen) atoms. The highest BCUT2D eigenvalue weighted by Crippen LogP contribution is 1.77. The van der Waals surface area contributed by atoms with E-state index in [4.69, 9.17) is 0 Å². The highest BCUT2D eigenvalue weighted by atomic mass is 19.3. The van der Waals surface area contributed by atoms with Crippen LogP contribution in [0.25, 0.3) is 0 Å². The molecular formula is C3H4FO. The average Bonchev–Trinajstić information content (AvgIpc) is 1.41. The summed E-state index contributed by atoms with van der Waals surface area (Å²) in [5.74, 6) is 0. The van der Waals surface area contributed by atoms with Crippen LogP contribution >= 0.6 is 0 Å². The molecule has 29 valence electrons. The lowest BCUT2D eigenvalue weighted by Crippen LogP contribution is -1.59. The first-order chi connectivity index (χ1) is 2.41. The number of rotatable bonds is 2. The third-order valence-corrected chi connectivity index (χ3v) is 0.148. The third-order valence-electron chi connectivity index (χ3n) is 0.148. The standard InChI is InChI=1S/C3H4FO/c1-2-3-5-4/h2-3H,1H2. The lowest BCUT2D eigenvalue weighted by Gasteiger charge is -1.70. The Morgan fingerprint density at radius 2 is 2.40 bits per heavy atom. The summed E-state index contributed by atoms with van der Waals surface area (Å²) in [5, 5.41) is 0. The van der Waals surface area contributed by atoms with Gasteiger partial charge in [-0.2, -0.15) is 4.94 Å². The van der Waals surface area contributed by atoms with E-state index < -0.39 is 0 Å². The first-order valence-corrected chi connectivity index (χ1v) is 1.13.